The zero-order valence-corrected chi connectivity index (χ0v) is 10.4. The van der Waals surface area contributed by atoms with Gasteiger partial charge in [-0.2, -0.15) is 31.3 Å². The summed E-state index contributed by atoms with van der Waals surface area (Å²) in [6.07, 6.45) is -9.44. The number of nitrogens with two attached hydrogens (primary N) is 1. The molecule has 0 aliphatic carbocycles. The predicted octanol–water partition coefficient (Wildman–Crippen LogP) is 2.55. The minimum atomic E-state index is -5.08. The SMILES string of the molecule is Cc1ccc(OCC(F)(F)F)nc1N.O=C(O)C(F)(F)F. The summed E-state index contributed by atoms with van der Waals surface area (Å²) in [5.41, 5.74) is 6.09. The van der Waals surface area contributed by atoms with Gasteiger partial charge in [0.15, 0.2) is 6.61 Å². The van der Waals surface area contributed by atoms with Crippen LogP contribution in [0.1, 0.15) is 5.56 Å². The Kier molecular flexibility index (Phi) is 6.26. The standard InChI is InChI=1S/C8H9F3N2O.C2HF3O2/c1-5-2-3-6(13-7(5)12)14-4-8(9,10)11;3-2(4,5)1(6)7/h2-3H,4H2,1H3,(H2,12,13);(H,6,7). The van der Waals surface area contributed by atoms with Crippen molar-refractivity contribution in [1.29, 1.82) is 0 Å². The molecule has 0 aromatic carbocycles. The van der Waals surface area contributed by atoms with E-state index in [0.717, 1.165) is 0 Å². The molecule has 0 aliphatic rings. The lowest BCUT2D eigenvalue weighted by Crippen LogP contribution is -2.21. The van der Waals surface area contributed by atoms with E-state index in [1.54, 1.807) is 13.0 Å². The summed E-state index contributed by atoms with van der Waals surface area (Å²) >= 11 is 0. The summed E-state index contributed by atoms with van der Waals surface area (Å²) in [5, 5.41) is 7.12. The molecule has 1 aromatic heterocycles. The molecule has 0 saturated heterocycles. The van der Waals surface area contributed by atoms with E-state index in [1.807, 2.05) is 0 Å². The van der Waals surface area contributed by atoms with E-state index < -0.39 is 24.9 Å². The number of carboxylic acid groups (broad SMARTS) is 1. The highest BCUT2D eigenvalue weighted by atomic mass is 19.4. The number of ether oxygens (including phenoxy) is 1. The summed E-state index contributed by atoms with van der Waals surface area (Å²) < 4.78 is 71.3. The number of hydrogen-bond donors (Lipinski definition) is 2. The topological polar surface area (TPSA) is 85.4 Å². The van der Waals surface area contributed by atoms with Crippen molar-refractivity contribution >= 4 is 11.8 Å². The van der Waals surface area contributed by atoms with Crippen molar-refractivity contribution in [3.8, 4) is 5.88 Å². The molecular formula is C10H10F6N2O3. The Labute approximate surface area is 114 Å². The van der Waals surface area contributed by atoms with Crippen LogP contribution in [-0.2, 0) is 4.79 Å². The lowest BCUT2D eigenvalue weighted by atomic mass is 10.3. The molecule has 1 rings (SSSR count). The summed E-state index contributed by atoms with van der Waals surface area (Å²) in [4.78, 5) is 12.5. The number of aliphatic carboxylic acids is 1. The van der Waals surface area contributed by atoms with Gasteiger partial charge >= 0.3 is 18.3 Å². The molecule has 0 bridgehead atoms. The fraction of sp³-hybridized carbons (Fsp3) is 0.400. The van der Waals surface area contributed by atoms with Crippen molar-refractivity contribution < 1.29 is 41.0 Å². The number of aromatic nitrogens is 1. The van der Waals surface area contributed by atoms with Crippen molar-refractivity contribution in [3.63, 3.8) is 0 Å². The number of aryl methyl sites for hydroxylation is 1. The molecule has 0 fully saturated rings. The number of rotatable bonds is 2. The van der Waals surface area contributed by atoms with Gasteiger partial charge in [0.2, 0.25) is 5.88 Å². The molecule has 1 aromatic rings. The second-order valence-corrected chi connectivity index (χ2v) is 3.56. The molecule has 0 aliphatic heterocycles. The fourth-order valence-electron chi connectivity index (χ4n) is 0.762. The van der Waals surface area contributed by atoms with Crippen molar-refractivity contribution in [2.45, 2.75) is 19.3 Å². The van der Waals surface area contributed by atoms with E-state index >= 15 is 0 Å². The van der Waals surface area contributed by atoms with Gasteiger partial charge in [0.25, 0.3) is 0 Å². The molecule has 11 heteroatoms. The van der Waals surface area contributed by atoms with Crippen LogP contribution >= 0.6 is 0 Å². The van der Waals surface area contributed by atoms with Crippen LogP contribution in [0.5, 0.6) is 5.88 Å². The van der Waals surface area contributed by atoms with Crippen molar-refractivity contribution in [2.75, 3.05) is 12.3 Å². The van der Waals surface area contributed by atoms with Crippen molar-refractivity contribution in [2.24, 2.45) is 0 Å². The van der Waals surface area contributed by atoms with Crippen molar-refractivity contribution in [1.82, 2.24) is 4.98 Å². The molecule has 0 spiro atoms. The second kappa shape index (κ2) is 6.99. The molecule has 1 heterocycles. The lowest BCUT2D eigenvalue weighted by molar-refractivity contribution is -0.192. The van der Waals surface area contributed by atoms with Crippen LogP contribution in [0.3, 0.4) is 0 Å². The van der Waals surface area contributed by atoms with E-state index in [4.69, 9.17) is 15.6 Å². The Hall–Kier alpha value is -2.20. The summed E-state index contributed by atoms with van der Waals surface area (Å²) in [6, 6.07) is 2.89. The largest absolute Gasteiger partial charge is 0.490 e. The van der Waals surface area contributed by atoms with Gasteiger partial charge in [-0.1, -0.05) is 6.07 Å². The third-order valence-electron chi connectivity index (χ3n) is 1.74. The van der Waals surface area contributed by atoms with Crippen LogP contribution in [0.15, 0.2) is 12.1 Å². The van der Waals surface area contributed by atoms with E-state index in [9.17, 15) is 26.3 Å². The van der Waals surface area contributed by atoms with E-state index in [2.05, 4.69) is 9.72 Å². The highest BCUT2D eigenvalue weighted by Gasteiger charge is 2.38. The quantitative estimate of drug-likeness (QED) is 0.818. The van der Waals surface area contributed by atoms with E-state index in [1.165, 1.54) is 6.07 Å². The van der Waals surface area contributed by atoms with Gasteiger partial charge in [-0.05, 0) is 12.5 Å². The Morgan fingerprint density at radius 2 is 1.76 bits per heavy atom. The van der Waals surface area contributed by atoms with Crippen LogP contribution in [0.25, 0.3) is 0 Å². The summed E-state index contributed by atoms with van der Waals surface area (Å²) in [7, 11) is 0. The smallest absolute Gasteiger partial charge is 0.475 e. The first kappa shape index (κ1) is 18.8. The Bertz CT molecular complexity index is 487. The van der Waals surface area contributed by atoms with Crippen molar-refractivity contribution in [3.05, 3.63) is 17.7 Å². The van der Waals surface area contributed by atoms with Gasteiger partial charge < -0.3 is 15.6 Å². The van der Waals surface area contributed by atoms with Gasteiger partial charge in [-0.3, -0.25) is 0 Å². The average molecular weight is 320 g/mol. The molecule has 120 valence electrons. The van der Waals surface area contributed by atoms with Gasteiger partial charge in [0.1, 0.15) is 5.82 Å². The van der Waals surface area contributed by atoms with Crippen LogP contribution in [0.4, 0.5) is 32.2 Å². The van der Waals surface area contributed by atoms with E-state index in [0.29, 0.717) is 5.56 Å². The second-order valence-electron chi connectivity index (χ2n) is 3.56. The first-order chi connectivity index (χ1) is 9.33. The molecule has 0 unspecified atom stereocenters. The first-order valence-corrected chi connectivity index (χ1v) is 5.05. The van der Waals surface area contributed by atoms with Crippen LogP contribution in [0.2, 0.25) is 0 Å². The molecule has 3 N–H and O–H groups in total. The Balaban J connectivity index is 0.000000486. The van der Waals surface area contributed by atoms with Gasteiger partial charge in [0.05, 0.1) is 0 Å². The zero-order chi connectivity index (χ0) is 16.8. The van der Waals surface area contributed by atoms with Gasteiger partial charge in [-0.25, -0.2) is 4.79 Å². The molecular weight excluding hydrogens is 310 g/mol. The van der Waals surface area contributed by atoms with Crippen LogP contribution in [0, 0.1) is 6.92 Å². The Morgan fingerprint density at radius 3 is 2.10 bits per heavy atom. The van der Waals surface area contributed by atoms with Gasteiger partial charge in [0, 0.05) is 6.07 Å². The maximum Gasteiger partial charge on any atom is 0.490 e. The Morgan fingerprint density at radius 1 is 1.29 bits per heavy atom. The normalized spacial score (nSPS) is 11.4. The highest BCUT2D eigenvalue weighted by Crippen LogP contribution is 2.18. The highest BCUT2D eigenvalue weighted by molar-refractivity contribution is 5.73. The number of hydrogen-bond acceptors (Lipinski definition) is 4. The zero-order valence-electron chi connectivity index (χ0n) is 10.4. The third-order valence-corrected chi connectivity index (χ3v) is 1.74. The number of anilines is 1. The van der Waals surface area contributed by atoms with Gasteiger partial charge in [-0.15, -0.1) is 0 Å². The molecule has 21 heavy (non-hydrogen) atoms. The first-order valence-electron chi connectivity index (χ1n) is 5.05. The average Bonchev–Trinajstić information content (AvgIpc) is 2.29. The number of alkyl halides is 6. The third kappa shape index (κ3) is 8.55. The number of carbonyl (C=O) groups is 1. The van der Waals surface area contributed by atoms with Crippen LogP contribution in [-0.4, -0.2) is 35.0 Å². The number of nitrogens with zero attached hydrogens (tertiary/aromatic N) is 1. The molecule has 0 saturated carbocycles. The number of halogens is 6. The summed E-state index contributed by atoms with van der Waals surface area (Å²) in [5.74, 6) is -2.71. The number of nitrogen functional groups attached to an aromatic ring is 1. The molecule has 5 nitrogen and oxygen atoms in total. The number of pyridine rings is 1. The predicted molar refractivity (Wildman–Crippen MR) is 58.6 cm³/mol. The number of carboxylic acids is 1. The van der Waals surface area contributed by atoms with Crippen LogP contribution < -0.4 is 10.5 Å². The van der Waals surface area contributed by atoms with E-state index in [-0.39, 0.29) is 11.7 Å². The maximum atomic E-state index is 11.7. The molecule has 0 radical (unpaired) electrons. The summed E-state index contributed by atoms with van der Waals surface area (Å²) in [6.45, 7) is 0.346. The molecule has 0 amide bonds. The monoisotopic (exact) mass is 320 g/mol. The minimum absolute atomic E-state index is 0.120. The lowest BCUT2D eigenvalue weighted by Gasteiger charge is -2.08. The molecule has 0 atom stereocenters. The fourth-order valence-corrected chi connectivity index (χ4v) is 0.762. The minimum Gasteiger partial charge on any atom is -0.475 e. The maximum absolute atomic E-state index is 11.7.